The zero-order valence-electron chi connectivity index (χ0n) is 12.5. The molecule has 0 saturated carbocycles. The van der Waals surface area contributed by atoms with Gasteiger partial charge in [-0.05, 0) is 24.3 Å². The fourth-order valence-electron chi connectivity index (χ4n) is 2.10. The molecule has 3 rings (SSSR count). The van der Waals surface area contributed by atoms with E-state index in [4.69, 9.17) is 16.3 Å². The SMILES string of the molecule is COc1ccc(Cl)cc1-c1nc(SCc2cccc(F)c2F)n[nH]1. The summed E-state index contributed by atoms with van der Waals surface area (Å²) in [5.74, 6) is -0.419. The summed E-state index contributed by atoms with van der Waals surface area (Å²) in [6.45, 7) is 0. The van der Waals surface area contributed by atoms with E-state index in [0.717, 1.165) is 6.07 Å². The molecule has 0 saturated heterocycles. The second-order valence-corrected chi connectivity index (χ2v) is 6.19. The molecular formula is C16H12ClF2N3OS. The maximum Gasteiger partial charge on any atom is 0.209 e. The number of benzene rings is 2. The monoisotopic (exact) mass is 367 g/mol. The average molecular weight is 368 g/mol. The zero-order chi connectivity index (χ0) is 17.1. The van der Waals surface area contributed by atoms with Crippen LogP contribution >= 0.6 is 23.4 Å². The van der Waals surface area contributed by atoms with Gasteiger partial charge in [-0.25, -0.2) is 13.8 Å². The summed E-state index contributed by atoms with van der Waals surface area (Å²) in [6, 6.07) is 9.23. The van der Waals surface area contributed by atoms with Gasteiger partial charge in [0, 0.05) is 16.3 Å². The molecule has 1 heterocycles. The number of H-pyrrole nitrogens is 1. The Labute approximate surface area is 146 Å². The Kier molecular flexibility index (Phi) is 5.01. The van der Waals surface area contributed by atoms with Gasteiger partial charge in [-0.1, -0.05) is 35.5 Å². The molecule has 124 valence electrons. The lowest BCUT2D eigenvalue weighted by molar-refractivity contribution is 0.416. The van der Waals surface area contributed by atoms with Crippen molar-refractivity contribution >= 4 is 23.4 Å². The molecule has 0 aliphatic carbocycles. The molecule has 1 N–H and O–H groups in total. The molecule has 0 bridgehead atoms. The van der Waals surface area contributed by atoms with Gasteiger partial charge in [0.1, 0.15) is 5.75 Å². The molecule has 0 aliphatic heterocycles. The highest BCUT2D eigenvalue weighted by atomic mass is 35.5. The number of halogens is 3. The molecule has 0 aliphatic rings. The van der Waals surface area contributed by atoms with Crippen LogP contribution in [-0.2, 0) is 5.75 Å². The quantitative estimate of drug-likeness (QED) is 0.664. The third-order valence-electron chi connectivity index (χ3n) is 3.27. The van der Waals surface area contributed by atoms with E-state index >= 15 is 0 Å². The van der Waals surface area contributed by atoms with Crippen LogP contribution in [0.1, 0.15) is 5.56 Å². The molecule has 1 aromatic heterocycles. The summed E-state index contributed by atoms with van der Waals surface area (Å²) < 4.78 is 32.1. The van der Waals surface area contributed by atoms with Crippen LogP contribution in [-0.4, -0.2) is 22.3 Å². The highest BCUT2D eigenvalue weighted by Gasteiger charge is 2.13. The maximum atomic E-state index is 13.6. The average Bonchev–Trinajstić information content (AvgIpc) is 3.05. The van der Waals surface area contributed by atoms with Gasteiger partial charge >= 0.3 is 0 Å². The lowest BCUT2D eigenvalue weighted by atomic mass is 10.2. The molecule has 0 radical (unpaired) electrons. The topological polar surface area (TPSA) is 50.8 Å². The first-order chi connectivity index (χ1) is 11.6. The Morgan fingerprint density at radius 1 is 1.25 bits per heavy atom. The van der Waals surface area contributed by atoms with Gasteiger partial charge in [0.15, 0.2) is 17.5 Å². The number of aromatic amines is 1. The predicted molar refractivity (Wildman–Crippen MR) is 89.3 cm³/mol. The van der Waals surface area contributed by atoms with Crippen LogP contribution in [0.5, 0.6) is 5.75 Å². The Balaban J connectivity index is 1.79. The second kappa shape index (κ2) is 7.19. The van der Waals surface area contributed by atoms with E-state index in [1.54, 1.807) is 25.3 Å². The smallest absolute Gasteiger partial charge is 0.209 e. The number of rotatable bonds is 5. The zero-order valence-corrected chi connectivity index (χ0v) is 14.1. The van der Waals surface area contributed by atoms with Crippen molar-refractivity contribution in [3.8, 4) is 17.1 Å². The van der Waals surface area contributed by atoms with E-state index in [1.165, 1.54) is 23.9 Å². The van der Waals surface area contributed by atoms with Crippen LogP contribution in [0.2, 0.25) is 5.02 Å². The number of thioether (sulfide) groups is 1. The Hall–Kier alpha value is -2.12. The third kappa shape index (κ3) is 3.52. The summed E-state index contributed by atoms with van der Waals surface area (Å²) in [5, 5.41) is 7.83. The normalized spacial score (nSPS) is 10.8. The van der Waals surface area contributed by atoms with Gasteiger partial charge in [0.2, 0.25) is 5.16 Å². The van der Waals surface area contributed by atoms with Crippen molar-refractivity contribution in [1.29, 1.82) is 0 Å². The van der Waals surface area contributed by atoms with Crippen molar-refractivity contribution in [2.24, 2.45) is 0 Å². The Morgan fingerprint density at radius 3 is 2.88 bits per heavy atom. The van der Waals surface area contributed by atoms with E-state index in [2.05, 4.69) is 15.2 Å². The molecule has 3 aromatic rings. The van der Waals surface area contributed by atoms with E-state index in [0.29, 0.717) is 27.3 Å². The first kappa shape index (κ1) is 16.7. The van der Waals surface area contributed by atoms with Crippen LogP contribution in [0.4, 0.5) is 8.78 Å². The number of hydrogen-bond donors (Lipinski definition) is 1. The fourth-order valence-corrected chi connectivity index (χ4v) is 3.04. The number of nitrogens with one attached hydrogen (secondary N) is 1. The molecule has 0 unspecified atom stereocenters. The minimum absolute atomic E-state index is 0.216. The first-order valence-electron chi connectivity index (χ1n) is 6.90. The van der Waals surface area contributed by atoms with Gasteiger partial charge in [-0.2, -0.15) is 0 Å². The summed E-state index contributed by atoms with van der Waals surface area (Å²) in [4.78, 5) is 4.34. The standard InChI is InChI=1S/C16H12ClF2N3OS/c1-23-13-6-5-10(17)7-11(13)15-20-16(22-21-15)24-8-9-3-2-4-12(18)14(9)19/h2-7H,8H2,1H3,(H,20,21,22). The van der Waals surface area contributed by atoms with Gasteiger partial charge < -0.3 is 4.74 Å². The highest BCUT2D eigenvalue weighted by molar-refractivity contribution is 7.98. The molecular weight excluding hydrogens is 356 g/mol. The molecule has 2 aromatic carbocycles. The van der Waals surface area contributed by atoms with Crippen molar-refractivity contribution in [3.63, 3.8) is 0 Å². The van der Waals surface area contributed by atoms with E-state index < -0.39 is 11.6 Å². The number of methoxy groups -OCH3 is 1. The Bertz CT molecular complexity index is 872. The minimum atomic E-state index is -0.868. The molecule has 24 heavy (non-hydrogen) atoms. The summed E-state index contributed by atoms with van der Waals surface area (Å²) in [6.07, 6.45) is 0. The first-order valence-corrected chi connectivity index (χ1v) is 8.27. The van der Waals surface area contributed by atoms with Crippen molar-refractivity contribution < 1.29 is 13.5 Å². The minimum Gasteiger partial charge on any atom is -0.496 e. The Morgan fingerprint density at radius 2 is 2.08 bits per heavy atom. The van der Waals surface area contributed by atoms with Crippen LogP contribution in [0.3, 0.4) is 0 Å². The summed E-state index contributed by atoms with van der Waals surface area (Å²) in [7, 11) is 1.55. The van der Waals surface area contributed by atoms with Gasteiger partial charge in [-0.3, -0.25) is 5.10 Å². The largest absolute Gasteiger partial charge is 0.496 e. The number of hydrogen-bond acceptors (Lipinski definition) is 4. The van der Waals surface area contributed by atoms with E-state index in [9.17, 15) is 8.78 Å². The van der Waals surface area contributed by atoms with Gasteiger partial charge in [0.05, 0.1) is 12.7 Å². The molecule has 4 nitrogen and oxygen atoms in total. The van der Waals surface area contributed by atoms with Crippen LogP contribution in [0, 0.1) is 11.6 Å². The van der Waals surface area contributed by atoms with Crippen molar-refractivity contribution in [2.75, 3.05) is 7.11 Å². The highest BCUT2D eigenvalue weighted by Crippen LogP contribution is 2.31. The van der Waals surface area contributed by atoms with E-state index in [-0.39, 0.29) is 11.3 Å². The lowest BCUT2D eigenvalue weighted by Crippen LogP contribution is -1.92. The molecule has 0 spiro atoms. The van der Waals surface area contributed by atoms with Crippen LogP contribution < -0.4 is 4.74 Å². The fraction of sp³-hybridized carbons (Fsp3) is 0.125. The predicted octanol–water partition coefficient (Wildman–Crippen LogP) is 4.70. The lowest BCUT2D eigenvalue weighted by Gasteiger charge is -2.05. The summed E-state index contributed by atoms with van der Waals surface area (Å²) in [5.41, 5.74) is 0.924. The molecule has 0 fully saturated rings. The molecule has 0 atom stereocenters. The van der Waals surface area contributed by atoms with E-state index in [1.807, 2.05) is 0 Å². The molecule has 0 amide bonds. The van der Waals surface area contributed by atoms with Crippen LogP contribution in [0.15, 0.2) is 41.6 Å². The van der Waals surface area contributed by atoms with Crippen molar-refractivity contribution in [2.45, 2.75) is 10.9 Å². The van der Waals surface area contributed by atoms with Crippen molar-refractivity contribution in [1.82, 2.24) is 15.2 Å². The van der Waals surface area contributed by atoms with Crippen LogP contribution in [0.25, 0.3) is 11.4 Å². The van der Waals surface area contributed by atoms with Gasteiger partial charge in [0.25, 0.3) is 0 Å². The van der Waals surface area contributed by atoms with Crippen molar-refractivity contribution in [3.05, 3.63) is 58.6 Å². The third-order valence-corrected chi connectivity index (χ3v) is 4.40. The van der Waals surface area contributed by atoms with Gasteiger partial charge in [-0.15, -0.1) is 5.10 Å². The number of nitrogens with zero attached hydrogens (tertiary/aromatic N) is 2. The number of aromatic nitrogens is 3. The summed E-state index contributed by atoms with van der Waals surface area (Å²) >= 11 is 7.20. The number of ether oxygens (including phenoxy) is 1. The molecule has 8 heteroatoms. The maximum absolute atomic E-state index is 13.6. The second-order valence-electron chi connectivity index (χ2n) is 4.81.